The average molecular weight is 223 g/mol. The van der Waals surface area contributed by atoms with Gasteiger partial charge in [-0.25, -0.2) is 0 Å². The Bertz CT molecular complexity index is 301. The number of hydrogen-bond donors (Lipinski definition) is 1. The molecule has 0 atom stereocenters. The molecule has 1 saturated carbocycles. The van der Waals surface area contributed by atoms with Crippen molar-refractivity contribution in [1.29, 1.82) is 0 Å². The third kappa shape index (κ3) is 3.35. The molecule has 0 saturated heterocycles. The minimum absolute atomic E-state index is 0.425. The summed E-state index contributed by atoms with van der Waals surface area (Å²) in [6.07, 6.45) is 8.15. The van der Waals surface area contributed by atoms with Crippen molar-refractivity contribution in [1.82, 2.24) is 0 Å². The molecule has 1 aromatic rings. The van der Waals surface area contributed by atoms with Crippen LogP contribution in [0.15, 0.2) is 16.5 Å². The van der Waals surface area contributed by atoms with E-state index >= 15 is 0 Å². The standard InChI is InChI=1S/C13H21NO2/c14-9-12-7-8-13(16-12)10-15-11-5-3-1-2-4-6-11/h7-8,11H,1-6,9-10,14H2. The number of nitrogens with two attached hydrogens (primary N) is 1. The van der Waals surface area contributed by atoms with Crippen LogP contribution in [0.3, 0.4) is 0 Å². The number of hydrogen-bond acceptors (Lipinski definition) is 3. The molecule has 0 aliphatic heterocycles. The zero-order valence-electron chi connectivity index (χ0n) is 9.78. The molecule has 1 aromatic heterocycles. The fourth-order valence-corrected chi connectivity index (χ4v) is 2.22. The van der Waals surface area contributed by atoms with Crippen LogP contribution in [0.25, 0.3) is 0 Å². The molecule has 0 aromatic carbocycles. The third-order valence-corrected chi connectivity index (χ3v) is 3.18. The number of ether oxygens (including phenoxy) is 1. The van der Waals surface area contributed by atoms with E-state index in [4.69, 9.17) is 14.9 Å². The largest absolute Gasteiger partial charge is 0.462 e. The van der Waals surface area contributed by atoms with Crippen LogP contribution in [0.5, 0.6) is 0 Å². The molecule has 0 radical (unpaired) electrons. The van der Waals surface area contributed by atoms with Gasteiger partial charge in [-0.05, 0) is 25.0 Å². The first-order valence-electron chi connectivity index (χ1n) is 6.28. The van der Waals surface area contributed by atoms with E-state index in [1.807, 2.05) is 12.1 Å². The predicted octanol–water partition coefficient (Wildman–Crippen LogP) is 2.98. The highest BCUT2D eigenvalue weighted by Gasteiger charge is 2.13. The SMILES string of the molecule is NCc1ccc(COC2CCCCCC2)o1. The van der Waals surface area contributed by atoms with Gasteiger partial charge in [0.1, 0.15) is 18.1 Å². The Labute approximate surface area is 97.0 Å². The van der Waals surface area contributed by atoms with Gasteiger partial charge in [0.15, 0.2) is 0 Å². The van der Waals surface area contributed by atoms with E-state index in [0.717, 1.165) is 11.5 Å². The third-order valence-electron chi connectivity index (χ3n) is 3.18. The Morgan fingerprint density at radius 1 is 1.12 bits per heavy atom. The van der Waals surface area contributed by atoms with Crippen molar-refractivity contribution in [2.45, 2.75) is 57.8 Å². The van der Waals surface area contributed by atoms with Crippen molar-refractivity contribution in [2.24, 2.45) is 5.73 Å². The summed E-state index contributed by atoms with van der Waals surface area (Å²) in [5, 5.41) is 0. The van der Waals surface area contributed by atoms with E-state index < -0.39 is 0 Å². The average Bonchev–Trinajstić information content (AvgIpc) is 2.61. The monoisotopic (exact) mass is 223 g/mol. The van der Waals surface area contributed by atoms with Gasteiger partial charge in [0.2, 0.25) is 0 Å². The Morgan fingerprint density at radius 2 is 1.81 bits per heavy atom. The molecule has 90 valence electrons. The molecule has 1 heterocycles. The van der Waals surface area contributed by atoms with Crippen molar-refractivity contribution in [3.8, 4) is 0 Å². The van der Waals surface area contributed by atoms with Gasteiger partial charge >= 0.3 is 0 Å². The van der Waals surface area contributed by atoms with Gasteiger partial charge in [0.25, 0.3) is 0 Å². The first kappa shape index (κ1) is 11.7. The lowest BCUT2D eigenvalue weighted by molar-refractivity contribution is 0.0215. The van der Waals surface area contributed by atoms with Gasteiger partial charge in [-0.2, -0.15) is 0 Å². The molecule has 3 nitrogen and oxygen atoms in total. The summed E-state index contributed by atoms with van der Waals surface area (Å²) < 4.78 is 11.4. The topological polar surface area (TPSA) is 48.4 Å². The van der Waals surface area contributed by atoms with E-state index in [0.29, 0.717) is 19.3 Å². The smallest absolute Gasteiger partial charge is 0.129 e. The van der Waals surface area contributed by atoms with Gasteiger partial charge in [-0.15, -0.1) is 0 Å². The van der Waals surface area contributed by atoms with Crippen LogP contribution in [-0.2, 0) is 17.9 Å². The Balaban J connectivity index is 1.77. The summed E-state index contributed by atoms with van der Waals surface area (Å²) in [5.41, 5.74) is 5.49. The molecule has 1 aliphatic carbocycles. The van der Waals surface area contributed by atoms with Crippen LogP contribution in [-0.4, -0.2) is 6.10 Å². The van der Waals surface area contributed by atoms with Gasteiger partial charge in [0.05, 0.1) is 12.6 Å². The van der Waals surface area contributed by atoms with Crippen LogP contribution in [0, 0.1) is 0 Å². The van der Waals surface area contributed by atoms with Gasteiger partial charge in [-0.1, -0.05) is 25.7 Å². The second-order valence-corrected chi connectivity index (χ2v) is 4.50. The highest BCUT2D eigenvalue weighted by Crippen LogP contribution is 2.21. The summed E-state index contributed by atoms with van der Waals surface area (Å²) >= 11 is 0. The molecule has 0 amide bonds. The lowest BCUT2D eigenvalue weighted by Crippen LogP contribution is -2.11. The molecule has 3 heteroatoms. The molecule has 0 bridgehead atoms. The predicted molar refractivity (Wildman–Crippen MR) is 62.9 cm³/mol. The summed E-state index contributed by atoms with van der Waals surface area (Å²) in [5.74, 6) is 1.73. The fraction of sp³-hybridized carbons (Fsp3) is 0.692. The molecule has 1 aliphatic rings. The quantitative estimate of drug-likeness (QED) is 0.798. The summed E-state index contributed by atoms with van der Waals surface area (Å²) in [6.45, 7) is 1.05. The zero-order valence-corrected chi connectivity index (χ0v) is 9.78. The summed E-state index contributed by atoms with van der Waals surface area (Å²) in [6, 6.07) is 3.88. The van der Waals surface area contributed by atoms with Crippen LogP contribution in [0.1, 0.15) is 50.0 Å². The molecule has 0 spiro atoms. The van der Waals surface area contributed by atoms with Crippen molar-refractivity contribution in [3.63, 3.8) is 0 Å². The van der Waals surface area contributed by atoms with Crippen molar-refractivity contribution < 1.29 is 9.15 Å². The highest BCUT2D eigenvalue weighted by molar-refractivity contribution is 5.05. The molecule has 1 fully saturated rings. The number of rotatable bonds is 4. The van der Waals surface area contributed by atoms with Crippen molar-refractivity contribution in [3.05, 3.63) is 23.7 Å². The van der Waals surface area contributed by atoms with Gasteiger partial charge < -0.3 is 14.9 Å². The molecule has 2 rings (SSSR count). The fourth-order valence-electron chi connectivity index (χ4n) is 2.22. The number of furan rings is 1. The second-order valence-electron chi connectivity index (χ2n) is 4.50. The molecule has 2 N–H and O–H groups in total. The van der Waals surface area contributed by atoms with Crippen LogP contribution >= 0.6 is 0 Å². The van der Waals surface area contributed by atoms with Crippen LogP contribution in [0.4, 0.5) is 0 Å². The van der Waals surface area contributed by atoms with Crippen LogP contribution < -0.4 is 5.73 Å². The molecular weight excluding hydrogens is 202 g/mol. The van der Waals surface area contributed by atoms with E-state index in [1.165, 1.54) is 38.5 Å². The summed E-state index contributed by atoms with van der Waals surface area (Å²) in [7, 11) is 0. The minimum Gasteiger partial charge on any atom is -0.462 e. The first-order valence-corrected chi connectivity index (χ1v) is 6.28. The lowest BCUT2D eigenvalue weighted by Gasteiger charge is -2.13. The zero-order chi connectivity index (χ0) is 11.2. The Morgan fingerprint density at radius 3 is 2.44 bits per heavy atom. The molecular formula is C13H21NO2. The molecule has 16 heavy (non-hydrogen) atoms. The van der Waals surface area contributed by atoms with E-state index in [2.05, 4.69) is 0 Å². The van der Waals surface area contributed by atoms with E-state index in [1.54, 1.807) is 0 Å². The normalized spacial score (nSPS) is 18.6. The summed E-state index contributed by atoms with van der Waals surface area (Å²) in [4.78, 5) is 0. The Hall–Kier alpha value is -0.800. The van der Waals surface area contributed by atoms with Crippen molar-refractivity contribution >= 4 is 0 Å². The minimum atomic E-state index is 0.425. The van der Waals surface area contributed by atoms with E-state index in [9.17, 15) is 0 Å². The van der Waals surface area contributed by atoms with Gasteiger partial charge in [-0.3, -0.25) is 0 Å². The maximum atomic E-state index is 5.87. The second kappa shape index (κ2) is 6.06. The lowest BCUT2D eigenvalue weighted by atomic mass is 10.1. The van der Waals surface area contributed by atoms with Crippen LogP contribution in [0.2, 0.25) is 0 Å². The van der Waals surface area contributed by atoms with Crippen molar-refractivity contribution in [2.75, 3.05) is 0 Å². The maximum Gasteiger partial charge on any atom is 0.129 e. The van der Waals surface area contributed by atoms with Gasteiger partial charge in [0, 0.05) is 0 Å². The highest BCUT2D eigenvalue weighted by atomic mass is 16.5. The molecule has 0 unspecified atom stereocenters. The van der Waals surface area contributed by atoms with E-state index in [-0.39, 0.29) is 0 Å². The Kier molecular flexibility index (Phi) is 4.43. The maximum absolute atomic E-state index is 5.87. The first-order chi connectivity index (χ1) is 7.88.